The largest absolute Gasteiger partial charge is 0.354 e. The van der Waals surface area contributed by atoms with E-state index in [1.54, 1.807) is 18.8 Å². The predicted octanol–water partition coefficient (Wildman–Crippen LogP) is 2.32. The molecule has 0 aliphatic heterocycles. The maximum Gasteiger partial charge on any atom is 0.255 e. The van der Waals surface area contributed by atoms with Gasteiger partial charge in [0.2, 0.25) is 0 Å². The molecule has 1 aromatic rings. The third-order valence-corrected chi connectivity index (χ3v) is 2.78. The number of aryl methyl sites for hydroxylation is 2. The van der Waals surface area contributed by atoms with Gasteiger partial charge in [-0.3, -0.25) is 4.68 Å². The third kappa shape index (κ3) is 2.68. The summed E-state index contributed by atoms with van der Waals surface area (Å²) >= 11 is 3.34. The fourth-order valence-electron chi connectivity index (χ4n) is 1.62. The molecule has 0 radical (unpaired) electrons. The van der Waals surface area contributed by atoms with Crippen molar-refractivity contribution in [3.8, 4) is 0 Å². The van der Waals surface area contributed by atoms with Crippen LogP contribution in [0.1, 0.15) is 11.3 Å². The lowest BCUT2D eigenvalue weighted by Crippen LogP contribution is -2.26. The summed E-state index contributed by atoms with van der Waals surface area (Å²) < 4.78 is 26.2. The van der Waals surface area contributed by atoms with Crippen LogP contribution in [0.2, 0.25) is 0 Å². The standard InChI is InChI=1S/C9H14BrF2N3/c1-6-7(4-10)9(15(3)13-6)14(2)5-8(11)12/h8H,4-5H2,1-3H3. The first-order chi connectivity index (χ1) is 6.97. The van der Waals surface area contributed by atoms with Crippen molar-refractivity contribution in [1.29, 1.82) is 0 Å². The van der Waals surface area contributed by atoms with Gasteiger partial charge >= 0.3 is 0 Å². The van der Waals surface area contributed by atoms with E-state index < -0.39 is 6.43 Å². The average molecular weight is 282 g/mol. The van der Waals surface area contributed by atoms with Crippen molar-refractivity contribution in [1.82, 2.24) is 9.78 Å². The Morgan fingerprint density at radius 3 is 2.60 bits per heavy atom. The number of hydrogen-bond acceptors (Lipinski definition) is 2. The Bertz CT molecular complexity index is 338. The summed E-state index contributed by atoms with van der Waals surface area (Å²) in [5, 5.41) is 4.83. The molecule has 0 aliphatic carbocycles. The Balaban J connectivity index is 3.01. The van der Waals surface area contributed by atoms with E-state index >= 15 is 0 Å². The number of aromatic nitrogens is 2. The van der Waals surface area contributed by atoms with E-state index in [1.807, 2.05) is 6.92 Å². The number of anilines is 1. The van der Waals surface area contributed by atoms with Gasteiger partial charge in [0.05, 0.1) is 12.2 Å². The molecule has 0 unspecified atom stereocenters. The third-order valence-electron chi connectivity index (χ3n) is 2.22. The smallest absolute Gasteiger partial charge is 0.255 e. The van der Waals surface area contributed by atoms with E-state index in [0.717, 1.165) is 17.1 Å². The van der Waals surface area contributed by atoms with Crippen LogP contribution in [0.4, 0.5) is 14.6 Å². The van der Waals surface area contributed by atoms with Crippen LogP contribution in [0, 0.1) is 6.92 Å². The minimum absolute atomic E-state index is 0.279. The fourth-order valence-corrected chi connectivity index (χ4v) is 2.27. The molecule has 1 heterocycles. The topological polar surface area (TPSA) is 21.1 Å². The molecule has 0 bridgehead atoms. The second kappa shape index (κ2) is 4.92. The second-order valence-electron chi connectivity index (χ2n) is 3.42. The van der Waals surface area contributed by atoms with Gasteiger partial charge in [-0.25, -0.2) is 8.78 Å². The van der Waals surface area contributed by atoms with Crippen LogP contribution in [0.5, 0.6) is 0 Å². The molecule has 0 atom stereocenters. The second-order valence-corrected chi connectivity index (χ2v) is 3.98. The number of rotatable bonds is 4. The highest BCUT2D eigenvalue weighted by molar-refractivity contribution is 9.08. The van der Waals surface area contributed by atoms with Crippen LogP contribution in [0.15, 0.2) is 0 Å². The highest BCUT2D eigenvalue weighted by Gasteiger charge is 2.18. The molecule has 1 rings (SSSR count). The molecule has 0 N–H and O–H groups in total. The maximum atomic E-state index is 12.3. The van der Waals surface area contributed by atoms with Crippen molar-refractivity contribution >= 4 is 21.7 Å². The molecule has 86 valence electrons. The van der Waals surface area contributed by atoms with Gasteiger partial charge in [0.15, 0.2) is 0 Å². The average Bonchev–Trinajstić information content (AvgIpc) is 2.38. The van der Waals surface area contributed by atoms with Gasteiger partial charge in [-0.1, -0.05) is 15.9 Å². The first-order valence-corrected chi connectivity index (χ1v) is 5.67. The van der Waals surface area contributed by atoms with E-state index in [-0.39, 0.29) is 6.54 Å². The zero-order valence-electron chi connectivity index (χ0n) is 8.97. The van der Waals surface area contributed by atoms with Crippen LogP contribution in [0.25, 0.3) is 0 Å². The van der Waals surface area contributed by atoms with Crippen molar-refractivity contribution in [2.75, 3.05) is 18.5 Å². The quantitative estimate of drug-likeness (QED) is 0.790. The lowest BCUT2D eigenvalue weighted by atomic mass is 10.2. The fraction of sp³-hybridized carbons (Fsp3) is 0.667. The van der Waals surface area contributed by atoms with Gasteiger partial charge < -0.3 is 4.90 Å². The van der Waals surface area contributed by atoms with Crippen LogP contribution in [-0.2, 0) is 12.4 Å². The monoisotopic (exact) mass is 281 g/mol. The van der Waals surface area contributed by atoms with Gasteiger partial charge in [0, 0.05) is 25.0 Å². The van der Waals surface area contributed by atoms with Gasteiger partial charge in [-0.2, -0.15) is 5.10 Å². The normalized spacial score (nSPS) is 11.1. The zero-order chi connectivity index (χ0) is 11.6. The predicted molar refractivity (Wildman–Crippen MR) is 59.9 cm³/mol. The van der Waals surface area contributed by atoms with Crippen LogP contribution >= 0.6 is 15.9 Å². The molecule has 0 aromatic carbocycles. The van der Waals surface area contributed by atoms with E-state index in [9.17, 15) is 8.78 Å². The van der Waals surface area contributed by atoms with Gasteiger partial charge in [-0.05, 0) is 6.92 Å². The maximum absolute atomic E-state index is 12.3. The number of hydrogen-bond donors (Lipinski definition) is 0. The van der Waals surface area contributed by atoms with Crippen LogP contribution in [0.3, 0.4) is 0 Å². The molecule has 15 heavy (non-hydrogen) atoms. The molecule has 6 heteroatoms. The molecule has 0 aliphatic rings. The first-order valence-electron chi connectivity index (χ1n) is 4.55. The van der Waals surface area contributed by atoms with E-state index in [4.69, 9.17) is 0 Å². The minimum Gasteiger partial charge on any atom is -0.354 e. The minimum atomic E-state index is -2.34. The summed E-state index contributed by atoms with van der Waals surface area (Å²) in [6.07, 6.45) is -2.34. The Morgan fingerprint density at radius 1 is 1.53 bits per heavy atom. The molecular weight excluding hydrogens is 268 g/mol. The van der Waals surface area contributed by atoms with Crippen molar-refractivity contribution in [3.05, 3.63) is 11.3 Å². The van der Waals surface area contributed by atoms with Crippen LogP contribution in [-0.4, -0.2) is 29.8 Å². The van der Waals surface area contributed by atoms with Crippen molar-refractivity contribution in [2.24, 2.45) is 7.05 Å². The summed E-state index contributed by atoms with van der Waals surface area (Å²) in [6.45, 7) is 1.59. The Labute approximate surface area is 96.2 Å². The van der Waals surface area contributed by atoms with Gasteiger partial charge in [-0.15, -0.1) is 0 Å². The number of nitrogens with zero attached hydrogens (tertiary/aromatic N) is 3. The summed E-state index contributed by atoms with van der Waals surface area (Å²) in [5.41, 5.74) is 1.83. The Hall–Kier alpha value is -0.650. The molecule has 0 spiro atoms. The molecular formula is C9H14BrF2N3. The first kappa shape index (κ1) is 12.4. The van der Waals surface area contributed by atoms with Gasteiger partial charge in [0.1, 0.15) is 5.82 Å². The highest BCUT2D eigenvalue weighted by atomic mass is 79.9. The molecule has 0 saturated heterocycles. The van der Waals surface area contributed by atoms with E-state index in [0.29, 0.717) is 5.33 Å². The van der Waals surface area contributed by atoms with Gasteiger partial charge in [0.25, 0.3) is 6.43 Å². The van der Waals surface area contributed by atoms with E-state index in [2.05, 4.69) is 21.0 Å². The molecule has 0 amide bonds. The Morgan fingerprint density at radius 2 is 2.13 bits per heavy atom. The molecule has 1 aromatic heterocycles. The SMILES string of the molecule is Cc1nn(C)c(N(C)CC(F)F)c1CBr. The molecule has 3 nitrogen and oxygen atoms in total. The summed E-state index contributed by atoms with van der Waals surface area (Å²) in [4.78, 5) is 1.53. The van der Waals surface area contributed by atoms with E-state index in [1.165, 1.54) is 4.90 Å². The lowest BCUT2D eigenvalue weighted by molar-refractivity contribution is 0.156. The number of halogens is 3. The van der Waals surface area contributed by atoms with Crippen LogP contribution < -0.4 is 4.90 Å². The summed E-state index contributed by atoms with van der Waals surface area (Å²) in [7, 11) is 3.41. The zero-order valence-corrected chi connectivity index (χ0v) is 10.6. The van der Waals surface area contributed by atoms with Crippen molar-refractivity contribution in [2.45, 2.75) is 18.7 Å². The van der Waals surface area contributed by atoms with Crippen molar-refractivity contribution in [3.63, 3.8) is 0 Å². The molecule has 0 fully saturated rings. The number of alkyl halides is 3. The summed E-state index contributed by atoms with van der Waals surface area (Å²) in [5.74, 6) is 0.740. The Kier molecular flexibility index (Phi) is 4.07. The lowest BCUT2D eigenvalue weighted by Gasteiger charge is -2.19. The van der Waals surface area contributed by atoms with Crippen molar-refractivity contribution < 1.29 is 8.78 Å². The summed E-state index contributed by atoms with van der Waals surface area (Å²) in [6, 6.07) is 0. The highest BCUT2D eigenvalue weighted by Crippen LogP contribution is 2.24. The molecule has 0 saturated carbocycles.